The average Bonchev–Trinajstić information content (AvgIpc) is 3.16. The zero-order valence-corrected chi connectivity index (χ0v) is 13.1. The van der Waals surface area contributed by atoms with Crippen LogP contribution in [0, 0.1) is 11.3 Å². The van der Waals surface area contributed by atoms with Crippen LogP contribution in [-0.2, 0) is 6.54 Å². The van der Waals surface area contributed by atoms with Crippen LogP contribution in [0.5, 0.6) is 0 Å². The largest absolute Gasteiger partial charge is 0.337 e. The van der Waals surface area contributed by atoms with Crippen molar-refractivity contribution in [3.05, 3.63) is 78.0 Å². The van der Waals surface area contributed by atoms with E-state index < -0.39 is 0 Å². The molecule has 24 heavy (non-hydrogen) atoms. The van der Waals surface area contributed by atoms with Crippen LogP contribution in [0.25, 0.3) is 5.82 Å². The summed E-state index contributed by atoms with van der Waals surface area (Å²) < 4.78 is 1.77. The third-order valence-corrected chi connectivity index (χ3v) is 3.61. The van der Waals surface area contributed by atoms with Gasteiger partial charge in [0.05, 0.1) is 17.2 Å². The fourth-order valence-corrected chi connectivity index (χ4v) is 2.31. The Bertz CT molecular complexity index is 861. The first-order valence-electron chi connectivity index (χ1n) is 7.36. The summed E-state index contributed by atoms with van der Waals surface area (Å²) >= 11 is 0. The number of benzene rings is 1. The minimum Gasteiger partial charge on any atom is -0.337 e. The Morgan fingerprint density at radius 1 is 1.25 bits per heavy atom. The molecule has 1 amide bonds. The molecule has 2 heterocycles. The highest BCUT2D eigenvalue weighted by atomic mass is 16.2. The van der Waals surface area contributed by atoms with Crippen LogP contribution in [-0.4, -0.2) is 32.4 Å². The van der Waals surface area contributed by atoms with Crippen LogP contribution in [0.4, 0.5) is 0 Å². The molecule has 0 aliphatic carbocycles. The van der Waals surface area contributed by atoms with Gasteiger partial charge in [-0.15, -0.1) is 0 Å². The highest BCUT2D eigenvalue weighted by Gasteiger charge is 2.13. The second kappa shape index (κ2) is 6.75. The van der Waals surface area contributed by atoms with Crippen LogP contribution in [0.2, 0.25) is 0 Å². The highest BCUT2D eigenvalue weighted by molar-refractivity contribution is 5.93. The van der Waals surface area contributed by atoms with Gasteiger partial charge in [0.1, 0.15) is 12.1 Å². The third-order valence-electron chi connectivity index (χ3n) is 3.61. The number of hydrogen-bond donors (Lipinski definition) is 0. The number of nitriles is 1. The van der Waals surface area contributed by atoms with Crippen molar-refractivity contribution in [2.24, 2.45) is 0 Å². The first kappa shape index (κ1) is 15.4. The number of carbonyl (C=O) groups is 1. The standard InChI is InChI=1S/C18H15N5O/c1-22(12-15-4-2-14(10-19)3-5-15)18(24)16-6-7-17(21-11-16)23-9-8-20-13-23/h2-9,11,13H,12H2,1H3. The molecule has 2 aromatic heterocycles. The molecule has 0 fully saturated rings. The quantitative estimate of drug-likeness (QED) is 0.740. The van der Waals surface area contributed by atoms with Gasteiger partial charge in [-0.05, 0) is 29.8 Å². The summed E-state index contributed by atoms with van der Waals surface area (Å²) in [5, 5.41) is 8.81. The summed E-state index contributed by atoms with van der Waals surface area (Å²) in [5.74, 6) is 0.600. The molecule has 0 aliphatic heterocycles. The van der Waals surface area contributed by atoms with E-state index in [-0.39, 0.29) is 5.91 Å². The van der Waals surface area contributed by atoms with Crippen molar-refractivity contribution >= 4 is 5.91 Å². The molecule has 0 unspecified atom stereocenters. The maximum atomic E-state index is 12.5. The molecule has 0 N–H and O–H groups in total. The van der Waals surface area contributed by atoms with Gasteiger partial charge < -0.3 is 4.90 Å². The maximum absolute atomic E-state index is 12.5. The van der Waals surface area contributed by atoms with E-state index in [4.69, 9.17) is 5.26 Å². The molecule has 0 aliphatic rings. The molecule has 0 bridgehead atoms. The van der Waals surface area contributed by atoms with E-state index in [1.54, 1.807) is 65.7 Å². The van der Waals surface area contributed by atoms with Crippen LogP contribution in [0.3, 0.4) is 0 Å². The summed E-state index contributed by atoms with van der Waals surface area (Å²) in [6, 6.07) is 12.8. The maximum Gasteiger partial charge on any atom is 0.255 e. The van der Waals surface area contributed by atoms with Crippen LogP contribution >= 0.6 is 0 Å². The Morgan fingerprint density at radius 2 is 2.04 bits per heavy atom. The van der Waals surface area contributed by atoms with Crippen molar-refractivity contribution in [2.75, 3.05) is 7.05 Å². The van der Waals surface area contributed by atoms with Gasteiger partial charge in [-0.2, -0.15) is 5.26 Å². The van der Waals surface area contributed by atoms with Crippen molar-refractivity contribution in [3.8, 4) is 11.9 Å². The van der Waals surface area contributed by atoms with Gasteiger partial charge in [-0.3, -0.25) is 9.36 Å². The Hall–Kier alpha value is -3.46. The molecule has 0 spiro atoms. The fourth-order valence-electron chi connectivity index (χ4n) is 2.31. The predicted octanol–water partition coefficient (Wildman–Crippen LogP) is 2.41. The summed E-state index contributed by atoms with van der Waals surface area (Å²) in [6.45, 7) is 0.466. The number of carbonyl (C=O) groups excluding carboxylic acids is 1. The number of aromatic nitrogens is 3. The van der Waals surface area contributed by atoms with E-state index in [9.17, 15) is 4.79 Å². The molecule has 3 aromatic rings. The monoisotopic (exact) mass is 317 g/mol. The van der Waals surface area contributed by atoms with Crippen LogP contribution in [0.15, 0.2) is 61.3 Å². The predicted molar refractivity (Wildman–Crippen MR) is 88.3 cm³/mol. The lowest BCUT2D eigenvalue weighted by molar-refractivity contribution is 0.0784. The van der Waals surface area contributed by atoms with Crippen molar-refractivity contribution in [2.45, 2.75) is 6.54 Å². The van der Waals surface area contributed by atoms with Crippen LogP contribution in [0.1, 0.15) is 21.5 Å². The van der Waals surface area contributed by atoms with Gasteiger partial charge >= 0.3 is 0 Å². The van der Waals surface area contributed by atoms with Crippen molar-refractivity contribution in [1.29, 1.82) is 5.26 Å². The lowest BCUT2D eigenvalue weighted by atomic mass is 10.1. The number of pyridine rings is 1. The lowest BCUT2D eigenvalue weighted by Crippen LogP contribution is -2.26. The summed E-state index contributed by atoms with van der Waals surface area (Å²) in [6.07, 6.45) is 6.68. The Kier molecular flexibility index (Phi) is 4.34. The number of hydrogen-bond acceptors (Lipinski definition) is 4. The summed E-state index contributed by atoms with van der Waals surface area (Å²) in [5.41, 5.74) is 2.09. The van der Waals surface area contributed by atoms with Crippen LogP contribution < -0.4 is 0 Å². The van der Waals surface area contributed by atoms with E-state index in [1.807, 2.05) is 12.1 Å². The Morgan fingerprint density at radius 3 is 2.62 bits per heavy atom. The third kappa shape index (κ3) is 3.31. The van der Waals surface area contributed by atoms with E-state index in [0.717, 1.165) is 5.56 Å². The van der Waals surface area contributed by atoms with Gasteiger partial charge in [0.2, 0.25) is 0 Å². The second-order valence-electron chi connectivity index (χ2n) is 5.34. The Labute approximate surface area is 139 Å². The summed E-state index contributed by atoms with van der Waals surface area (Å²) in [4.78, 5) is 22.4. The fraction of sp³-hybridized carbons (Fsp3) is 0.111. The highest BCUT2D eigenvalue weighted by Crippen LogP contribution is 2.11. The van der Waals surface area contributed by atoms with Gasteiger partial charge in [0.25, 0.3) is 5.91 Å². The van der Waals surface area contributed by atoms with E-state index in [0.29, 0.717) is 23.5 Å². The number of rotatable bonds is 4. The van der Waals surface area contributed by atoms with Gasteiger partial charge in [0.15, 0.2) is 0 Å². The molecule has 0 atom stereocenters. The molecule has 1 aromatic carbocycles. The van der Waals surface area contributed by atoms with Crippen molar-refractivity contribution in [3.63, 3.8) is 0 Å². The van der Waals surface area contributed by atoms with E-state index in [1.165, 1.54) is 0 Å². The second-order valence-corrected chi connectivity index (χ2v) is 5.34. The molecule has 3 rings (SSSR count). The minimum absolute atomic E-state index is 0.107. The molecular weight excluding hydrogens is 302 g/mol. The summed E-state index contributed by atoms with van der Waals surface area (Å²) in [7, 11) is 1.74. The van der Waals surface area contributed by atoms with E-state index in [2.05, 4.69) is 16.0 Å². The number of amides is 1. The first-order valence-corrected chi connectivity index (χ1v) is 7.36. The molecular formula is C18H15N5O. The van der Waals surface area contributed by atoms with E-state index >= 15 is 0 Å². The Balaban J connectivity index is 1.69. The molecule has 6 nitrogen and oxygen atoms in total. The molecule has 0 saturated carbocycles. The first-order chi connectivity index (χ1) is 11.7. The number of nitrogens with zero attached hydrogens (tertiary/aromatic N) is 5. The molecule has 6 heteroatoms. The normalized spacial score (nSPS) is 10.2. The smallest absolute Gasteiger partial charge is 0.255 e. The molecule has 0 radical (unpaired) electrons. The SMILES string of the molecule is CN(Cc1ccc(C#N)cc1)C(=O)c1ccc(-n2ccnc2)nc1. The van der Waals surface area contributed by atoms with Gasteiger partial charge in [0, 0.05) is 32.2 Å². The van der Waals surface area contributed by atoms with Crippen molar-refractivity contribution in [1.82, 2.24) is 19.4 Å². The minimum atomic E-state index is -0.107. The number of imidazole rings is 1. The molecule has 0 saturated heterocycles. The van der Waals surface area contributed by atoms with Gasteiger partial charge in [-0.1, -0.05) is 12.1 Å². The zero-order chi connectivity index (χ0) is 16.9. The van der Waals surface area contributed by atoms with Crippen molar-refractivity contribution < 1.29 is 4.79 Å². The topological polar surface area (TPSA) is 74.8 Å². The molecule has 118 valence electrons. The zero-order valence-electron chi connectivity index (χ0n) is 13.1. The lowest BCUT2D eigenvalue weighted by Gasteiger charge is -2.17. The van der Waals surface area contributed by atoms with Gasteiger partial charge in [-0.25, -0.2) is 9.97 Å². The average molecular weight is 317 g/mol.